The van der Waals surface area contributed by atoms with E-state index in [4.69, 9.17) is 0 Å². The Labute approximate surface area is 117 Å². The maximum atomic E-state index is 11.3. The second-order valence-electron chi connectivity index (χ2n) is 5.63. The zero-order valence-electron chi connectivity index (χ0n) is 12.7. The number of unbranched alkanes of at least 4 members (excludes halogenated alkanes) is 3. The second kappa shape index (κ2) is 10.0. The average molecular weight is 364 g/mol. The van der Waals surface area contributed by atoms with Crippen molar-refractivity contribution in [3.63, 3.8) is 0 Å². The van der Waals surface area contributed by atoms with Crippen LogP contribution in [-0.2, 0) is 0 Å². The van der Waals surface area contributed by atoms with Crippen molar-refractivity contribution in [3.05, 3.63) is 10.1 Å². The van der Waals surface area contributed by atoms with Crippen LogP contribution in [-0.4, -0.2) is 27.4 Å². The van der Waals surface area contributed by atoms with Gasteiger partial charge in [0, 0.05) is 0 Å². The van der Waals surface area contributed by atoms with E-state index in [1.54, 1.807) is 0 Å². The van der Waals surface area contributed by atoms with Crippen molar-refractivity contribution >= 4 is 18.4 Å². The Hall–Kier alpha value is 0.199. The number of hydrogen-bond donors (Lipinski definition) is 0. The Morgan fingerprint density at radius 3 is 1.50 bits per heavy atom. The zero-order valence-corrected chi connectivity index (χ0v) is 15.6. The fourth-order valence-electron chi connectivity index (χ4n) is 2.81. The van der Waals surface area contributed by atoms with Gasteiger partial charge < -0.3 is 0 Å². The van der Waals surface area contributed by atoms with Crippen molar-refractivity contribution in [2.75, 3.05) is 0 Å². The molecule has 0 aromatic heterocycles. The first-order chi connectivity index (χ1) is 8.54. The van der Waals surface area contributed by atoms with Gasteiger partial charge >= 0.3 is 117 Å². The monoisotopic (exact) mass is 365 g/mol. The molecule has 1 atom stereocenters. The van der Waals surface area contributed by atoms with Crippen molar-refractivity contribution in [2.45, 2.75) is 83.6 Å². The molecule has 0 aromatic carbocycles. The van der Waals surface area contributed by atoms with Crippen LogP contribution in [0.2, 0.25) is 13.3 Å². The predicted octanol–water partition coefficient (Wildman–Crippen LogP) is 5.04. The van der Waals surface area contributed by atoms with Gasteiger partial charge in [0.15, 0.2) is 0 Å². The van der Waals surface area contributed by atoms with Crippen LogP contribution in [0, 0.1) is 10.1 Å². The first kappa shape index (κ1) is 18.2. The molecule has 0 saturated heterocycles. The van der Waals surface area contributed by atoms with E-state index in [1.807, 2.05) is 6.92 Å². The Balaban J connectivity index is 4.89. The fourth-order valence-corrected chi connectivity index (χ4v) is 18.9. The molecule has 0 rings (SSSR count). The molecule has 0 saturated carbocycles. The molecule has 0 aliphatic heterocycles. The molecule has 0 fully saturated rings. The van der Waals surface area contributed by atoms with Crippen LogP contribution >= 0.6 is 0 Å². The number of nitrogens with zero attached hydrogens (tertiary/aromatic N) is 1. The molecule has 108 valence electrons. The summed E-state index contributed by atoms with van der Waals surface area (Å²) in [6.07, 6.45) is 7.18. The van der Waals surface area contributed by atoms with E-state index in [0.717, 1.165) is 0 Å². The molecule has 1 unspecified atom stereocenters. The molecule has 0 aliphatic carbocycles. The Bertz CT molecular complexity index is 212. The van der Waals surface area contributed by atoms with Gasteiger partial charge in [0.2, 0.25) is 0 Å². The summed E-state index contributed by atoms with van der Waals surface area (Å²) in [7, 11) is 0. The second-order valence-corrected chi connectivity index (χ2v) is 20.1. The molecule has 0 aliphatic rings. The van der Waals surface area contributed by atoms with Crippen LogP contribution in [0.5, 0.6) is 0 Å². The molecule has 0 N–H and O–H groups in total. The van der Waals surface area contributed by atoms with Gasteiger partial charge in [-0.3, -0.25) is 0 Å². The summed E-state index contributed by atoms with van der Waals surface area (Å²) in [5, 5.41) is 11.3. The van der Waals surface area contributed by atoms with Crippen LogP contribution < -0.4 is 0 Å². The average Bonchev–Trinajstić information content (AvgIpc) is 2.37. The predicted molar refractivity (Wildman–Crippen MR) is 81.4 cm³/mol. The topological polar surface area (TPSA) is 43.1 Å². The van der Waals surface area contributed by atoms with E-state index in [2.05, 4.69) is 20.8 Å². The van der Waals surface area contributed by atoms with Crippen LogP contribution in [0.25, 0.3) is 0 Å². The summed E-state index contributed by atoms with van der Waals surface area (Å²) in [6.45, 7) is 8.52. The van der Waals surface area contributed by atoms with E-state index in [9.17, 15) is 10.1 Å². The van der Waals surface area contributed by atoms with Gasteiger partial charge in [0.25, 0.3) is 0 Å². The summed E-state index contributed by atoms with van der Waals surface area (Å²) >= 11 is -2.57. The van der Waals surface area contributed by atoms with E-state index in [0.29, 0.717) is 0 Å². The molecule has 3 nitrogen and oxygen atoms in total. The minimum atomic E-state index is -2.57. The third-order valence-electron chi connectivity index (χ3n) is 4.29. The first-order valence-corrected chi connectivity index (χ1v) is 15.4. The van der Waals surface area contributed by atoms with Gasteiger partial charge in [-0.1, -0.05) is 0 Å². The van der Waals surface area contributed by atoms with E-state index in [-0.39, 0.29) is 8.98 Å². The summed E-state index contributed by atoms with van der Waals surface area (Å²) in [5.41, 5.74) is 0. The molecule has 4 heteroatoms. The van der Waals surface area contributed by atoms with Crippen LogP contribution in [0.15, 0.2) is 0 Å². The van der Waals surface area contributed by atoms with Gasteiger partial charge in [-0.25, -0.2) is 0 Å². The summed E-state index contributed by atoms with van der Waals surface area (Å²) in [4.78, 5) is 11.3. The third kappa shape index (κ3) is 5.89. The van der Waals surface area contributed by atoms with Gasteiger partial charge in [-0.2, -0.15) is 0 Å². The van der Waals surface area contributed by atoms with E-state index < -0.39 is 18.4 Å². The number of nitro groups is 1. The maximum absolute atomic E-state index is 11.3. The zero-order chi connectivity index (χ0) is 14.0. The summed E-state index contributed by atoms with van der Waals surface area (Å²) in [5.74, 6) is 0. The molecule has 0 radical (unpaired) electrons. The molecule has 18 heavy (non-hydrogen) atoms. The first-order valence-electron chi connectivity index (χ1n) is 7.67. The summed E-state index contributed by atoms with van der Waals surface area (Å²) < 4.78 is 3.50. The quantitative estimate of drug-likeness (QED) is 0.293. The Kier molecular flexibility index (Phi) is 10.2. The van der Waals surface area contributed by atoms with E-state index in [1.165, 1.54) is 51.8 Å². The van der Waals surface area contributed by atoms with Gasteiger partial charge in [-0.05, 0) is 0 Å². The van der Waals surface area contributed by atoms with Crippen molar-refractivity contribution in [2.24, 2.45) is 0 Å². The SMILES string of the molecule is CCC[CH2][Sn]([CH2]CCC)([CH2]CCC)[CH](C)[N+](=O)[O-]. The standard InChI is InChI=1S/3C4H9.C2H4NO2.Sn/c3*1-3-4-2;1-2-3(4)5;/h3*1,3-4H2,2H3;2H,1H3;. The van der Waals surface area contributed by atoms with Crippen LogP contribution in [0.1, 0.15) is 66.2 Å². The molecule has 0 aromatic rings. The van der Waals surface area contributed by atoms with Gasteiger partial charge in [-0.15, -0.1) is 0 Å². The molecule has 0 spiro atoms. The number of hydrogen-bond acceptors (Lipinski definition) is 2. The molecule has 0 amide bonds. The number of rotatable bonds is 11. The van der Waals surface area contributed by atoms with Crippen molar-refractivity contribution in [1.82, 2.24) is 0 Å². The Morgan fingerprint density at radius 1 is 0.944 bits per heavy atom. The molecule has 0 bridgehead atoms. The van der Waals surface area contributed by atoms with Crippen molar-refractivity contribution in [1.29, 1.82) is 0 Å². The molecule has 0 heterocycles. The van der Waals surface area contributed by atoms with Crippen LogP contribution in [0.3, 0.4) is 0 Å². The molecular weight excluding hydrogens is 333 g/mol. The normalized spacial score (nSPS) is 13.6. The van der Waals surface area contributed by atoms with Gasteiger partial charge in [0.05, 0.1) is 0 Å². The minimum absolute atomic E-state index is 0.0388. The van der Waals surface area contributed by atoms with Crippen molar-refractivity contribution in [3.8, 4) is 0 Å². The van der Waals surface area contributed by atoms with E-state index >= 15 is 0 Å². The molecular formula is C14H31NO2Sn. The fraction of sp³-hybridized carbons (Fsp3) is 1.00. The van der Waals surface area contributed by atoms with Crippen molar-refractivity contribution < 1.29 is 4.92 Å². The summed E-state index contributed by atoms with van der Waals surface area (Å²) in [6, 6.07) is 0. The van der Waals surface area contributed by atoms with Gasteiger partial charge in [0.1, 0.15) is 0 Å². The Morgan fingerprint density at radius 2 is 1.28 bits per heavy atom. The third-order valence-corrected chi connectivity index (χ3v) is 21.5. The van der Waals surface area contributed by atoms with Crippen LogP contribution in [0.4, 0.5) is 0 Å².